The Balaban J connectivity index is 1.42. The molecule has 54 heavy (non-hydrogen) atoms. The number of hydrogen-bond donors (Lipinski definition) is 2. The van der Waals surface area contributed by atoms with Crippen LogP contribution in [0.15, 0.2) is 42.7 Å². The number of aromatic nitrogens is 3. The van der Waals surface area contributed by atoms with Gasteiger partial charge in [-0.25, -0.2) is 19.2 Å². The van der Waals surface area contributed by atoms with Crippen LogP contribution in [0.25, 0.3) is 5.52 Å². The molecule has 2 aliphatic carbocycles. The van der Waals surface area contributed by atoms with Crippen molar-refractivity contribution in [3.8, 4) is 12.0 Å². The van der Waals surface area contributed by atoms with Crippen LogP contribution in [0.2, 0.25) is 0 Å². The molecule has 5 rings (SSSR count). The lowest BCUT2D eigenvalue weighted by Gasteiger charge is -2.44. The van der Waals surface area contributed by atoms with Gasteiger partial charge in [0, 0.05) is 12.8 Å². The fourth-order valence-corrected chi connectivity index (χ4v) is 8.16. The monoisotopic (exact) mass is 768 g/mol. The van der Waals surface area contributed by atoms with Gasteiger partial charge in [-0.3, -0.25) is 18.9 Å². The topological polar surface area (TPSA) is 216 Å². The Kier molecular flexibility index (Phi) is 12.9. The smallest absolute Gasteiger partial charge is 0.459 e. The molecule has 292 valence electrons. The number of anilines is 1. The highest BCUT2D eigenvalue weighted by molar-refractivity contribution is 7.52. The molecule has 0 amide bonds. The molecule has 4 atom stereocenters. The molecular formula is C37H49N6O10P. The highest BCUT2D eigenvalue weighted by Gasteiger charge is 2.48. The van der Waals surface area contributed by atoms with Gasteiger partial charge in [0.2, 0.25) is 0 Å². The zero-order chi connectivity index (χ0) is 39.1. The van der Waals surface area contributed by atoms with E-state index in [1.54, 1.807) is 44.4 Å². The largest absolute Gasteiger partial charge is 0.461 e. The summed E-state index contributed by atoms with van der Waals surface area (Å²) in [7, 11) is -4.47. The Morgan fingerprint density at radius 2 is 1.70 bits per heavy atom. The average molecular weight is 769 g/mol. The second kappa shape index (κ2) is 17.2. The number of fused-ring (bicyclic) bond motifs is 1. The van der Waals surface area contributed by atoms with Crippen molar-refractivity contribution in [2.45, 2.75) is 116 Å². The van der Waals surface area contributed by atoms with E-state index in [1.165, 1.54) is 23.7 Å². The van der Waals surface area contributed by atoms with Gasteiger partial charge in [-0.15, -0.1) is 0 Å². The maximum absolute atomic E-state index is 14.5. The van der Waals surface area contributed by atoms with Crippen molar-refractivity contribution in [1.82, 2.24) is 19.7 Å². The Labute approximate surface area is 314 Å². The van der Waals surface area contributed by atoms with Gasteiger partial charge in [-0.05, 0) is 66.3 Å². The molecule has 3 aromatic rings. The van der Waals surface area contributed by atoms with Crippen LogP contribution in [-0.2, 0) is 47.8 Å². The number of benzene rings is 1. The Hall–Kier alpha value is -4.71. The number of nitrogens with one attached hydrogen (secondary N) is 1. The van der Waals surface area contributed by atoms with Crippen LogP contribution in [0.1, 0.15) is 103 Å². The lowest BCUT2D eigenvalue weighted by molar-refractivity contribution is -0.180. The lowest BCUT2D eigenvalue weighted by Crippen LogP contribution is -2.43. The van der Waals surface area contributed by atoms with Crippen molar-refractivity contribution in [1.29, 1.82) is 5.26 Å². The van der Waals surface area contributed by atoms with Crippen LogP contribution in [0, 0.1) is 16.9 Å². The summed E-state index contributed by atoms with van der Waals surface area (Å²) in [6.45, 7) is 8.03. The van der Waals surface area contributed by atoms with Crippen LogP contribution >= 0.6 is 7.75 Å². The molecule has 1 spiro atoms. The second-order valence-corrected chi connectivity index (χ2v) is 16.5. The van der Waals surface area contributed by atoms with Crippen molar-refractivity contribution in [2.75, 3.05) is 18.9 Å². The van der Waals surface area contributed by atoms with Gasteiger partial charge in [0.1, 0.15) is 36.8 Å². The molecule has 1 unspecified atom stereocenters. The summed E-state index contributed by atoms with van der Waals surface area (Å²) in [6, 6.07) is 10.00. The highest BCUT2D eigenvalue weighted by Crippen LogP contribution is 2.54. The quantitative estimate of drug-likeness (QED) is 0.0713. The average Bonchev–Trinajstić information content (AvgIpc) is 3.79. The van der Waals surface area contributed by atoms with Gasteiger partial charge in [0.15, 0.2) is 24.1 Å². The summed E-state index contributed by atoms with van der Waals surface area (Å²) >= 11 is 0. The van der Waals surface area contributed by atoms with Crippen molar-refractivity contribution in [2.24, 2.45) is 5.41 Å². The van der Waals surface area contributed by atoms with E-state index in [1.807, 2.05) is 32.9 Å². The van der Waals surface area contributed by atoms with E-state index in [0.717, 1.165) is 31.2 Å². The van der Waals surface area contributed by atoms with Gasteiger partial charge >= 0.3 is 25.7 Å². The van der Waals surface area contributed by atoms with Crippen LogP contribution in [0.5, 0.6) is 5.75 Å². The number of nitrogens with zero attached hydrogens (tertiary/aromatic N) is 4. The van der Waals surface area contributed by atoms with Gasteiger partial charge in [0.25, 0.3) is 6.26 Å². The zero-order valence-electron chi connectivity index (χ0n) is 31.3. The third-order valence-electron chi connectivity index (χ3n) is 9.83. The fourth-order valence-electron chi connectivity index (χ4n) is 6.88. The molecule has 1 aromatic carbocycles. The Morgan fingerprint density at radius 3 is 2.33 bits per heavy atom. The summed E-state index contributed by atoms with van der Waals surface area (Å²) < 4.78 is 50.2. The van der Waals surface area contributed by atoms with Crippen LogP contribution in [0.4, 0.5) is 5.82 Å². The molecule has 2 aliphatic rings. The van der Waals surface area contributed by atoms with E-state index in [2.05, 4.69) is 15.2 Å². The molecule has 0 bridgehead atoms. The number of hydrogen-bond acceptors (Lipinski definition) is 14. The molecule has 2 heterocycles. The number of rotatable bonds is 17. The normalized spacial score (nSPS) is 18.1. The van der Waals surface area contributed by atoms with Crippen molar-refractivity contribution in [3.05, 3.63) is 54.0 Å². The van der Waals surface area contributed by atoms with E-state index in [4.69, 9.17) is 33.7 Å². The third kappa shape index (κ3) is 9.88. The van der Waals surface area contributed by atoms with E-state index in [-0.39, 0.29) is 47.0 Å². The number of carbonyl (C=O) groups is 3. The zero-order valence-corrected chi connectivity index (χ0v) is 32.2. The van der Waals surface area contributed by atoms with E-state index in [0.29, 0.717) is 5.52 Å². The number of carbonyl (C=O) groups excluding carboxylic acids is 3. The Bertz CT molecular complexity index is 1870. The molecule has 16 nitrogen and oxygen atoms in total. The van der Waals surface area contributed by atoms with Gasteiger partial charge in [-0.2, -0.15) is 10.4 Å². The van der Waals surface area contributed by atoms with Crippen molar-refractivity contribution in [3.63, 3.8) is 0 Å². The summed E-state index contributed by atoms with van der Waals surface area (Å²) in [5, 5.41) is 16.6. The first-order valence-electron chi connectivity index (χ1n) is 18.2. The summed E-state index contributed by atoms with van der Waals surface area (Å²) in [4.78, 5) is 42.6. The molecule has 2 saturated carbocycles. The fraction of sp³-hybridized carbons (Fsp3) is 0.568. The van der Waals surface area contributed by atoms with Gasteiger partial charge < -0.3 is 29.2 Å². The number of esters is 3. The third-order valence-corrected chi connectivity index (χ3v) is 11.3. The molecular weight excluding hydrogens is 719 g/mol. The molecule has 0 radical (unpaired) electrons. The van der Waals surface area contributed by atoms with E-state index < -0.39 is 57.1 Å². The maximum Gasteiger partial charge on any atom is 0.459 e. The molecule has 0 aliphatic heterocycles. The number of nitrogen functional groups attached to an aromatic ring is 1. The maximum atomic E-state index is 14.5. The number of nitrogens with two attached hydrogens (primary N) is 1. The minimum Gasteiger partial charge on any atom is -0.461 e. The number of ether oxygens (including phenoxy) is 4. The van der Waals surface area contributed by atoms with Crippen LogP contribution in [0.3, 0.4) is 0 Å². The first kappa shape index (κ1) is 40.5. The second-order valence-electron chi connectivity index (χ2n) is 14.7. The van der Waals surface area contributed by atoms with E-state index in [9.17, 15) is 24.2 Å². The predicted octanol–water partition coefficient (Wildman–Crippen LogP) is 5.85. The first-order chi connectivity index (χ1) is 25.7. The number of nitriles is 1. The molecule has 0 saturated heterocycles. The highest BCUT2D eigenvalue weighted by atomic mass is 31.2. The summed E-state index contributed by atoms with van der Waals surface area (Å²) in [5.41, 5.74) is 7.69. The summed E-state index contributed by atoms with van der Waals surface area (Å²) in [6.07, 6.45) is 4.12. The standard InChI is InChI=1S/C37H49N6O10P/c1-6-30(44)51-33(27-14-15-28-35(39)40-23-41-43(27)28)34(52-31(45)7-2)29(48-22-38)21-49-54(47,53-25-12-10-24(11-13-25)36(3,4)5)42-20-32(46)50-26-18-37(19-26)16-8-9-17-37/h10-15,23,26,29,33-34H,6-9,16-21H2,1-5H3,(H,42,47)(H2,39,40,41)/t29-,33+,34-,54?/m1/s1. The first-order valence-corrected chi connectivity index (χ1v) is 19.7. The van der Waals surface area contributed by atoms with Gasteiger partial charge in [0.05, 0.1) is 5.69 Å². The SMILES string of the molecule is CCC(=O)O[C@H]([C@@H](COP(=O)(NCC(=O)OC1CC2(CCCC2)C1)Oc1ccc(C(C)(C)C)cc1)OC#N)[C@@H](OC(=O)CC)c1ccc2c(N)ncnn12. The molecule has 3 N–H and O–H groups in total. The van der Waals surface area contributed by atoms with Crippen molar-refractivity contribution < 1.29 is 46.9 Å². The minimum atomic E-state index is -4.47. The molecule has 2 aromatic heterocycles. The molecule has 17 heteroatoms. The lowest BCUT2D eigenvalue weighted by atomic mass is 9.65. The predicted molar refractivity (Wildman–Crippen MR) is 195 cm³/mol. The minimum absolute atomic E-state index is 0.0510. The van der Waals surface area contributed by atoms with Crippen molar-refractivity contribution >= 4 is 37.0 Å². The van der Waals surface area contributed by atoms with Crippen LogP contribution < -0.4 is 15.3 Å². The van der Waals surface area contributed by atoms with Gasteiger partial charge in [-0.1, -0.05) is 59.6 Å². The van der Waals surface area contributed by atoms with E-state index >= 15 is 0 Å². The summed E-state index contributed by atoms with van der Waals surface area (Å²) in [5.74, 6) is -1.76. The van der Waals surface area contributed by atoms with Crippen LogP contribution in [-0.4, -0.2) is 64.0 Å². The Morgan fingerprint density at radius 1 is 1.04 bits per heavy atom. The molecule has 2 fully saturated rings.